The maximum absolute atomic E-state index is 13.0. The largest absolute Gasteiger partial charge is 0.340 e. The Bertz CT molecular complexity index is 915. The maximum atomic E-state index is 13.0. The van der Waals surface area contributed by atoms with E-state index in [2.05, 4.69) is 0 Å². The second-order valence-electron chi connectivity index (χ2n) is 6.05. The van der Waals surface area contributed by atoms with Gasteiger partial charge in [0.1, 0.15) is 0 Å². The fourth-order valence-electron chi connectivity index (χ4n) is 3.05. The number of benzene rings is 1. The second kappa shape index (κ2) is 7.30. The highest BCUT2D eigenvalue weighted by molar-refractivity contribution is 6.12. The minimum Gasteiger partial charge on any atom is -0.340 e. The number of nitrogens with zero attached hydrogens (tertiary/aromatic N) is 3. The number of carbonyl (C=O) groups excluding carboxylic acids is 2. The number of amides is 1. The predicted molar refractivity (Wildman–Crippen MR) is 93.0 cm³/mol. The first kappa shape index (κ1) is 17.5. The molecule has 3 rings (SSSR count). The predicted octanol–water partition coefficient (Wildman–Crippen LogP) is 1.80. The van der Waals surface area contributed by atoms with Gasteiger partial charge in [0.15, 0.2) is 11.8 Å². The van der Waals surface area contributed by atoms with E-state index >= 15 is 0 Å². The fraction of sp³-hybridized carbons (Fsp3) is 0.278. The van der Waals surface area contributed by atoms with Gasteiger partial charge >= 0.3 is 0 Å². The van der Waals surface area contributed by atoms with Gasteiger partial charge < -0.3 is 4.90 Å². The van der Waals surface area contributed by atoms with E-state index in [0.29, 0.717) is 13.1 Å². The van der Waals surface area contributed by atoms with Crippen molar-refractivity contribution in [1.82, 2.24) is 9.47 Å². The van der Waals surface area contributed by atoms with Crippen LogP contribution in [-0.2, 0) is 4.79 Å². The Balaban J connectivity index is 2.05. The van der Waals surface area contributed by atoms with Crippen LogP contribution in [0.25, 0.3) is 0 Å². The zero-order chi connectivity index (χ0) is 18.7. The summed E-state index contributed by atoms with van der Waals surface area (Å²) in [5, 5.41) is 11.0. The lowest BCUT2D eigenvalue weighted by atomic mass is 10.0. The normalized spacial score (nSPS) is 14.8. The number of hydrogen-bond donors (Lipinski definition) is 0. The monoisotopic (exact) mass is 355 g/mol. The van der Waals surface area contributed by atoms with Gasteiger partial charge in [0, 0.05) is 43.0 Å². The van der Waals surface area contributed by atoms with E-state index < -0.39 is 28.2 Å². The summed E-state index contributed by atoms with van der Waals surface area (Å²) in [5.41, 5.74) is -0.708. The van der Waals surface area contributed by atoms with Crippen LogP contribution >= 0.6 is 0 Å². The van der Waals surface area contributed by atoms with Crippen LogP contribution in [0, 0.1) is 10.1 Å². The lowest BCUT2D eigenvalue weighted by Crippen LogP contribution is -2.42. The van der Waals surface area contributed by atoms with Crippen LogP contribution in [0.3, 0.4) is 0 Å². The standard InChI is InChI=1S/C18H17N3O5/c22-15-8-1-2-11-20(15)16(18(24)19-9-3-4-10-19)17(23)13-6-5-7-14(12-13)21(25)26/h1-2,5-8,11-12,16H,3-4,9-10H2. The molecule has 1 aliphatic rings. The molecule has 1 aromatic carbocycles. The van der Waals surface area contributed by atoms with Gasteiger partial charge in [0.25, 0.3) is 17.2 Å². The molecule has 1 atom stereocenters. The van der Waals surface area contributed by atoms with Gasteiger partial charge in [-0.15, -0.1) is 0 Å². The Hall–Kier alpha value is -3.29. The molecule has 1 amide bonds. The van der Waals surface area contributed by atoms with Crippen molar-refractivity contribution < 1.29 is 14.5 Å². The summed E-state index contributed by atoms with van der Waals surface area (Å²) >= 11 is 0. The third kappa shape index (κ3) is 3.39. The molecular formula is C18H17N3O5. The summed E-state index contributed by atoms with van der Waals surface area (Å²) in [6.07, 6.45) is 3.07. The molecule has 0 aliphatic carbocycles. The average Bonchev–Trinajstić information content (AvgIpc) is 3.18. The van der Waals surface area contributed by atoms with Crippen LogP contribution in [0.1, 0.15) is 29.2 Å². The van der Waals surface area contributed by atoms with Gasteiger partial charge in [-0.2, -0.15) is 0 Å². The molecule has 1 fully saturated rings. The van der Waals surface area contributed by atoms with Crippen molar-refractivity contribution in [3.63, 3.8) is 0 Å². The van der Waals surface area contributed by atoms with Crippen molar-refractivity contribution in [2.75, 3.05) is 13.1 Å². The van der Waals surface area contributed by atoms with E-state index in [0.717, 1.165) is 23.5 Å². The number of nitro benzene ring substituents is 1. The summed E-state index contributed by atoms with van der Waals surface area (Å²) in [7, 11) is 0. The number of aromatic nitrogens is 1. The molecule has 1 aliphatic heterocycles. The van der Waals surface area contributed by atoms with Gasteiger partial charge in [-0.05, 0) is 18.9 Å². The highest BCUT2D eigenvalue weighted by Gasteiger charge is 2.35. The van der Waals surface area contributed by atoms with Gasteiger partial charge in [0.2, 0.25) is 0 Å². The number of hydrogen-bond acceptors (Lipinski definition) is 5. The van der Waals surface area contributed by atoms with E-state index in [9.17, 15) is 24.5 Å². The molecule has 1 saturated heterocycles. The Morgan fingerprint density at radius 1 is 1.08 bits per heavy atom. The zero-order valence-corrected chi connectivity index (χ0v) is 13.9. The topological polar surface area (TPSA) is 103 Å². The van der Waals surface area contributed by atoms with Crippen molar-refractivity contribution >= 4 is 17.4 Å². The third-order valence-electron chi connectivity index (χ3n) is 4.37. The summed E-state index contributed by atoms with van der Waals surface area (Å²) in [6.45, 7) is 1.05. The third-order valence-corrected chi connectivity index (χ3v) is 4.37. The molecule has 0 radical (unpaired) electrons. The van der Waals surface area contributed by atoms with Crippen LogP contribution in [0.4, 0.5) is 5.69 Å². The summed E-state index contributed by atoms with van der Waals surface area (Å²) in [4.78, 5) is 50.1. The van der Waals surface area contributed by atoms with E-state index in [1.54, 1.807) is 11.0 Å². The van der Waals surface area contributed by atoms with Crippen molar-refractivity contribution in [3.05, 3.63) is 74.7 Å². The van der Waals surface area contributed by atoms with Gasteiger partial charge in [-0.25, -0.2) is 0 Å². The number of Topliss-reactive ketones (excluding diaryl/α,β-unsaturated/α-hetero) is 1. The molecule has 8 nitrogen and oxygen atoms in total. The Morgan fingerprint density at radius 2 is 1.81 bits per heavy atom. The van der Waals surface area contributed by atoms with Crippen LogP contribution in [-0.4, -0.2) is 39.2 Å². The molecule has 0 spiro atoms. The second-order valence-corrected chi connectivity index (χ2v) is 6.05. The highest BCUT2D eigenvalue weighted by Crippen LogP contribution is 2.22. The van der Waals surface area contributed by atoms with Crippen LogP contribution in [0.2, 0.25) is 0 Å². The fourth-order valence-corrected chi connectivity index (χ4v) is 3.05. The van der Waals surface area contributed by atoms with Crippen molar-refractivity contribution in [2.24, 2.45) is 0 Å². The first-order chi connectivity index (χ1) is 12.5. The molecule has 0 bridgehead atoms. The molecule has 134 valence electrons. The van der Waals surface area contributed by atoms with Crippen molar-refractivity contribution in [1.29, 1.82) is 0 Å². The lowest BCUT2D eigenvalue weighted by Gasteiger charge is -2.23. The summed E-state index contributed by atoms with van der Waals surface area (Å²) < 4.78 is 1.09. The van der Waals surface area contributed by atoms with Crippen molar-refractivity contribution in [2.45, 2.75) is 18.9 Å². The number of rotatable bonds is 5. The number of ketones is 1. The molecule has 0 N–H and O–H groups in total. The summed E-state index contributed by atoms with van der Waals surface area (Å²) in [5.74, 6) is -1.11. The smallest absolute Gasteiger partial charge is 0.270 e. The number of pyridine rings is 1. The molecular weight excluding hydrogens is 338 g/mol. The first-order valence-electron chi connectivity index (χ1n) is 8.23. The Labute approximate surface area is 148 Å². The first-order valence-corrected chi connectivity index (χ1v) is 8.23. The highest BCUT2D eigenvalue weighted by atomic mass is 16.6. The maximum Gasteiger partial charge on any atom is 0.270 e. The average molecular weight is 355 g/mol. The van der Waals surface area contributed by atoms with Gasteiger partial charge in [-0.1, -0.05) is 18.2 Å². The van der Waals surface area contributed by atoms with E-state index in [1.165, 1.54) is 36.5 Å². The lowest BCUT2D eigenvalue weighted by molar-refractivity contribution is -0.384. The molecule has 1 unspecified atom stereocenters. The quantitative estimate of drug-likeness (QED) is 0.352. The molecule has 8 heteroatoms. The number of likely N-dealkylation sites (tertiary alicyclic amines) is 1. The van der Waals surface area contributed by atoms with E-state index in [-0.39, 0.29) is 11.3 Å². The van der Waals surface area contributed by atoms with E-state index in [4.69, 9.17) is 0 Å². The summed E-state index contributed by atoms with van der Waals surface area (Å²) in [6, 6.07) is 8.17. The number of nitro groups is 1. The Kier molecular flexibility index (Phi) is 4.92. The van der Waals surface area contributed by atoms with Crippen LogP contribution < -0.4 is 5.56 Å². The van der Waals surface area contributed by atoms with Crippen LogP contribution in [0.15, 0.2) is 53.5 Å². The SMILES string of the molecule is O=C(c1cccc([N+](=O)[O-])c1)C(C(=O)N1CCCC1)n1ccccc1=O. The molecule has 26 heavy (non-hydrogen) atoms. The zero-order valence-electron chi connectivity index (χ0n) is 13.9. The number of non-ortho nitro benzene ring substituents is 1. The molecule has 0 saturated carbocycles. The van der Waals surface area contributed by atoms with Crippen molar-refractivity contribution in [3.8, 4) is 0 Å². The van der Waals surface area contributed by atoms with Gasteiger partial charge in [0.05, 0.1) is 4.92 Å². The van der Waals surface area contributed by atoms with E-state index in [1.807, 2.05) is 0 Å². The molecule has 2 heterocycles. The number of carbonyl (C=O) groups is 2. The Morgan fingerprint density at radius 3 is 2.46 bits per heavy atom. The van der Waals surface area contributed by atoms with Crippen LogP contribution in [0.5, 0.6) is 0 Å². The van der Waals surface area contributed by atoms with Gasteiger partial charge in [-0.3, -0.25) is 29.1 Å². The minimum atomic E-state index is -1.37. The molecule has 2 aromatic rings. The minimum absolute atomic E-state index is 0.0208. The molecule has 1 aromatic heterocycles.